The fourth-order valence-corrected chi connectivity index (χ4v) is 5.21. The van der Waals surface area contributed by atoms with Crippen molar-refractivity contribution < 1.29 is 22.7 Å². The first kappa shape index (κ1) is 23.5. The van der Waals surface area contributed by atoms with Crippen LogP contribution in [0.1, 0.15) is 34.3 Å². The predicted molar refractivity (Wildman–Crippen MR) is 131 cm³/mol. The smallest absolute Gasteiger partial charge is 0.240 e. The van der Waals surface area contributed by atoms with Crippen LogP contribution in [0.3, 0.4) is 0 Å². The third-order valence-corrected chi connectivity index (χ3v) is 7.26. The molecule has 8 heteroatoms. The maximum absolute atomic E-state index is 13.2. The minimum absolute atomic E-state index is 0.0375. The number of methoxy groups -OCH3 is 2. The van der Waals surface area contributed by atoms with E-state index < -0.39 is 10.0 Å². The van der Waals surface area contributed by atoms with Crippen LogP contribution in [-0.2, 0) is 10.0 Å². The summed E-state index contributed by atoms with van der Waals surface area (Å²) in [5.41, 5.74) is 2.99. The summed E-state index contributed by atoms with van der Waals surface area (Å²) in [6.07, 6.45) is 1.89. The maximum Gasteiger partial charge on any atom is 0.240 e. The molecule has 1 atom stereocenters. The molecule has 3 aromatic carbocycles. The van der Waals surface area contributed by atoms with E-state index in [0.717, 1.165) is 22.0 Å². The number of hydrogen-bond acceptors (Lipinski definition) is 5. The zero-order valence-electron chi connectivity index (χ0n) is 19.2. The van der Waals surface area contributed by atoms with Crippen LogP contribution in [0.15, 0.2) is 77.8 Å². The Bertz CT molecular complexity index is 1440. The molecule has 0 spiro atoms. The number of aromatic nitrogens is 1. The predicted octanol–water partition coefficient (Wildman–Crippen LogP) is 4.50. The number of fused-ring (bicyclic) bond motifs is 1. The van der Waals surface area contributed by atoms with Gasteiger partial charge in [-0.15, -0.1) is 0 Å². The number of aromatic amines is 1. The third kappa shape index (κ3) is 4.55. The molecule has 0 amide bonds. The Balaban J connectivity index is 1.77. The second-order valence-electron chi connectivity index (χ2n) is 7.86. The average Bonchev–Trinajstić information content (AvgIpc) is 3.28. The Morgan fingerprint density at radius 2 is 1.74 bits per heavy atom. The summed E-state index contributed by atoms with van der Waals surface area (Å²) in [6, 6.07) is 19.4. The van der Waals surface area contributed by atoms with Crippen molar-refractivity contribution in [3.8, 4) is 11.5 Å². The van der Waals surface area contributed by atoms with E-state index in [2.05, 4.69) is 9.71 Å². The van der Waals surface area contributed by atoms with Crippen LogP contribution in [0.2, 0.25) is 0 Å². The molecule has 1 aromatic heterocycles. The summed E-state index contributed by atoms with van der Waals surface area (Å²) < 4.78 is 40.2. The summed E-state index contributed by atoms with van der Waals surface area (Å²) in [7, 11) is -0.760. The van der Waals surface area contributed by atoms with Crippen LogP contribution in [0.25, 0.3) is 10.9 Å². The SMILES string of the molecule is COc1cccc([C@H](CNS(=O)(=O)c2cccc(C(C)=O)c2)c2c[nH]c3ccccc23)c1OC. The summed E-state index contributed by atoms with van der Waals surface area (Å²) in [4.78, 5) is 15.0. The van der Waals surface area contributed by atoms with E-state index >= 15 is 0 Å². The molecular weight excluding hydrogens is 452 g/mol. The average molecular weight is 479 g/mol. The standard InChI is InChI=1S/C26H26N2O5S/c1-17(29)18-8-6-9-19(14-18)34(30,31)28-16-23(21-11-7-13-25(32-2)26(21)33-3)22-15-27-24-12-5-4-10-20(22)24/h4-15,23,27-28H,16H2,1-3H3/t23-/m0/s1. The lowest BCUT2D eigenvalue weighted by molar-refractivity contribution is 0.101. The van der Waals surface area contributed by atoms with Gasteiger partial charge in [-0.1, -0.05) is 42.5 Å². The van der Waals surface area contributed by atoms with Crippen molar-refractivity contribution in [1.82, 2.24) is 9.71 Å². The number of nitrogens with one attached hydrogen (secondary N) is 2. The normalized spacial score (nSPS) is 12.4. The molecule has 1 heterocycles. The molecule has 0 aliphatic carbocycles. The Kier molecular flexibility index (Phi) is 6.72. The van der Waals surface area contributed by atoms with Gasteiger partial charge in [0.15, 0.2) is 17.3 Å². The molecule has 0 fully saturated rings. The summed E-state index contributed by atoms with van der Waals surface area (Å²) in [6.45, 7) is 1.47. The fraction of sp³-hybridized carbons (Fsp3) is 0.192. The topological polar surface area (TPSA) is 97.5 Å². The highest BCUT2D eigenvalue weighted by atomic mass is 32.2. The van der Waals surface area contributed by atoms with Gasteiger partial charge in [0.2, 0.25) is 10.0 Å². The second kappa shape index (κ2) is 9.70. The van der Waals surface area contributed by atoms with E-state index in [1.807, 2.05) is 42.6 Å². The molecule has 0 aliphatic heterocycles. The zero-order valence-corrected chi connectivity index (χ0v) is 20.0. The zero-order chi connectivity index (χ0) is 24.3. The number of ether oxygens (including phenoxy) is 2. The molecule has 0 saturated heterocycles. The molecular formula is C26H26N2O5S. The summed E-state index contributed by atoms with van der Waals surface area (Å²) in [5.74, 6) is 0.515. The molecule has 0 saturated carbocycles. The number of hydrogen-bond donors (Lipinski definition) is 2. The van der Waals surface area contributed by atoms with Gasteiger partial charge in [0.05, 0.1) is 19.1 Å². The van der Waals surface area contributed by atoms with E-state index in [-0.39, 0.29) is 23.1 Å². The minimum atomic E-state index is -3.88. The summed E-state index contributed by atoms with van der Waals surface area (Å²) in [5, 5.41) is 0.982. The highest BCUT2D eigenvalue weighted by Crippen LogP contribution is 2.40. The van der Waals surface area contributed by atoms with Crippen molar-refractivity contribution in [2.45, 2.75) is 17.7 Å². The van der Waals surface area contributed by atoms with Crippen molar-refractivity contribution in [2.75, 3.05) is 20.8 Å². The number of carbonyl (C=O) groups is 1. The molecule has 34 heavy (non-hydrogen) atoms. The van der Waals surface area contributed by atoms with Gasteiger partial charge in [0, 0.05) is 40.7 Å². The highest BCUT2D eigenvalue weighted by Gasteiger charge is 2.26. The molecule has 0 bridgehead atoms. The Labute approximate surface area is 198 Å². The van der Waals surface area contributed by atoms with Gasteiger partial charge in [-0.3, -0.25) is 4.79 Å². The first-order valence-electron chi connectivity index (χ1n) is 10.7. The van der Waals surface area contributed by atoms with Crippen LogP contribution in [0.5, 0.6) is 11.5 Å². The lowest BCUT2D eigenvalue weighted by Crippen LogP contribution is -2.29. The Morgan fingerprint density at radius 1 is 0.971 bits per heavy atom. The van der Waals surface area contributed by atoms with Crippen LogP contribution < -0.4 is 14.2 Å². The van der Waals surface area contributed by atoms with Gasteiger partial charge < -0.3 is 14.5 Å². The number of H-pyrrole nitrogens is 1. The van der Waals surface area contributed by atoms with Gasteiger partial charge in [-0.05, 0) is 36.8 Å². The van der Waals surface area contributed by atoms with Crippen LogP contribution >= 0.6 is 0 Å². The molecule has 7 nitrogen and oxygen atoms in total. The number of rotatable bonds is 9. The quantitative estimate of drug-likeness (QED) is 0.345. The van der Waals surface area contributed by atoms with Crippen molar-refractivity contribution in [1.29, 1.82) is 0 Å². The van der Waals surface area contributed by atoms with Crippen LogP contribution in [-0.4, -0.2) is 39.9 Å². The Morgan fingerprint density at radius 3 is 2.47 bits per heavy atom. The van der Waals surface area contributed by atoms with E-state index in [0.29, 0.717) is 17.1 Å². The van der Waals surface area contributed by atoms with Crippen molar-refractivity contribution in [3.63, 3.8) is 0 Å². The van der Waals surface area contributed by atoms with E-state index in [4.69, 9.17) is 9.47 Å². The van der Waals surface area contributed by atoms with Gasteiger partial charge in [-0.2, -0.15) is 0 Å². The lowest BCUT2D eigenvalue weighted by atomic mass is 9.90. The van der Waals surface area contributed by atoms with Crippen LogP contribution in [0, 0.1) is 0 Å². The third-order valence-electron chi connectivity index (χ3n) is 5.83. The monoisotopic (exact) mass is 478 g/mol. The van der Waals surface area contributed by atoms with Crippen molar-refractivity contribution in [3.05, 3.63) is 89.6 Å². The Hall–Kier alpha value is -3.62. The molecule has 0 aliphatic rings. The van der Waals surface area contributed by atoms with Gasteiger partial charge in [-0.25, -0.2) is 13.1 Å². The molecule has 2 N–H and O–H groups in total. The summed E-state index contributed by atoms with van der Waals surface area (Å²) >= 11 is 0. The second-order valence-corrected chi connectivity index (χ2v) is 9.63. The van der Waals surface area contributed by atoms with Gasteiger partial charge in [0.25, 0.3) is 0 Å². The molecule has 0 unspecified atom stereocenters. The fourth-order valence-electron chi connectivity index (χ4n) is 4.11. The number of ketones is 1. The number of para-hydroxylation sites is 2. The van der Waals surface area contributed by atoms with E-state index in [1.165, 1.54) is 19.1 Å². The van der Waals surface area contributed by atoms with Crippen molar-refractivity contribution >= 4 is 26.7 Å². The largest absolute Gasteiger partial charge is 0.493 e. The van der Waals surface area contributed by atoms with Crippen molar-refractivity contribution in [2.24, 2.45) is 0 Å². The molecule has 176 valence electrons. The van der Waals surface area contributed by atoms with E-state index in [1.54, 1.807) is 32.4 Å². The first-order valence-corrected chi connectivity index (χ1v) is 12.2. The number of sulfonamides is 1. The van der Waals surface area contributed by atoms with Gasteiger partial charge >= 0.3 is 0 Å². The van der Waals surface area contributed by atoms with Crippen LogP contribution in [0.4, 0.5) is 0 Å². The molecule has 4 rings (SSSR count). The maximum atomic E-state index is 13.2. The van der Waals surface area contributed by atoms with Gasteiger partial charge in [0.1, 0.15) is 0 Å². The minimum Gasteiger partial charge on any atom is -0.493 e. The number of Topliss-reactive ketones (excluding diaryl/α,β-unsaturated/α-hetero) is 1. The van der Waals surface area contributed by atoms with E-state index in [9.17, 15) is 13.2 Å². The number of carbonyl (C=O) groups excluding carboxylic acids is 1. The molecule has 4 aromatic rings. The number of benzene rings is 3. The highest BCUT2D eigenvalue weighted by molar-refractivity contribution is 7.89. The first-order chi connectivity index (χ1) is 16.4. The lowest BCUT2D eigenvalue weighted by Gasteiger charge is -2.22. The molecule has 0 radical (unpaired) electrons.